The summed E-state index contributed by atoms with van der Waals surface area (Å²) in [6, 6.07) is 5.86. The number of aliphatic hydroxyl groups is 1. The summed E-state index contributed by atoms with van der Waals surface area (Å²) in [5.74, 6) is 0.759. The van der Waals surface area contributed by atoms with Crippen LogP contribution in [0, 0.1) is 6.92 Å². The molecule has 1 atom stereocenters. The number of methoxy groups -OCH3 is 1. The van der Waals surface area contributed by atoms with E-state index in [1.54, 1.807) is 7.11 Å². The summed E-state index contributed by atoms with van der Waals surface area (Å²) in [7, 11) is 1.63. The van der Waals surface area contributed by atoms with E-state index in [1.807, 2.05) is 32.0 Å². The lowest BCUT2D eigenvalue weighted by atomic mass is 10.0. The van der Waals surface area contributed by atoms with Gasteiger partial charge in [0.25, 0.3) is 0 Å². The Morgan fingerprint density at radius 3 is 2.75 bits per heavy atom. The summed E-state index contributed by atoms with van der Waals surface area (Å²) in [6.45, 7) is 7.81. The van der Waals surface area contributed by atoms with Crippen LogP contribution < -0.4 is 4.74 Å². The second kappa shape index (κ2) is 5.71. The largest absolute Gasteiger partial charge is 0.496 e. The van der Waals surface area contributed by atoms with Crippen molar-refractivity contribution in [1.29, 1.82) is 0 Å². The number of rotatable bonds is 5. The van der Waals surface area contributed by atoms with Crippen LogP contribution in [-0.4, -0.2) is 12.2 Å². The molecule has 16 heavy (non-hydrogen) atoms. The van der Waals surface area contributed by atoms with E-state index in [1.165, 1.54) is 0 Å². The second-order valence-electron chi connectivity index (χ2n) is 4.26. The first-order valence-electron chi connectivity index (χ1n) is 5.51. The fourth-order valence-electron chi connectivity index (χ4n) is 1.63. The number of allylic oxidation sites excluding steroid dienone is 1. The average Bonchev–Trinajstić information content (AvgIpc) is 2.25. The Morgan fingerprint density at radius 1 is 1.50 bits per heavy atom. The highest BCUT2D eigenvalue weighted by molar-refractivity contribution is 5.38. The zero-order valence-corrected chi connectivity index (χ0v) is 10.3. The van der Waals surface area contributed by atoms with Crippen molar-refractivity contribution < 1.29 is 9.84 Å². The number of aryl methyl sites for hydroxylation is 1. The topological polar surface area (TPSA) is 29.5 Å². The SMILES string of the molecule is C=C(C)CCC(O)c1ccc(C)cc1OC. The molecule has 88 valence electrons. The van der Waals surface area contributed by atoms with Gasteiger partial charge in [-0.15, -0.1) is 6.58 Å². The Hall–Kier alpha value is -1.28. The smallest absolute Gasteiger partial charge is 0.124 e. The quantitative estimate of drug-likeness (QED) is 0.771. The highest BCUT2D eigenvalue weighted by Crippen LogP contribution is 2.29. The van der Waals surface area contributed by atoms with Crippen molar-refractivity contribution in [2.24, 2.45) is 0 Å². The van der Waals surface area contributed by atoms with Gasteiger partial charge in [0.15, 0.2) is 0 Å². The molecule has 0 heterocycles. The van der Waals surface area contributed by atoms with Crippen molar-refractivity contribution in [3.05, 3.63) is 41.5 Å². The summed E-state index contributed by atoms with van der Waals surface area (Å²) in [5, 5.41) is 10.1. The van der Waals surface area contributed by atoms with Crippen LogP contribution in [0.5, 0.6) is 5.75 Å². The lowest BCUT2D eigenvalue weighted by molar-refractivity contribution is 0.163. The van der Waals surface area contributed by atoms with Crippen molar-refractivity contribution in [2.45, 2.75) is 32.8 Å². The molecule has 0 aliphatic heterocycles. The lowest BCUT2D eigenvalue weighted by Gasteiger charge is -2.15. The molecule has 0 saturated carbocycles. The molecule has 0 aliphatic carbocycles. The van der Waals surface area contributed by atoms with Crippen LogP contribution in [0.4, 0.5) is 0 Å². The van der Waals surface area contributed by atoms with E-state index >= 15 is 0 Å². The first-order chi connectivity index (χ1) is 7.54. The predicted molar refractivity (Wildman–Crippen MR) is 66.7 cm³/mol. The van der Waals surface area contributed by atoms with Crippen LogP contribution in [0.1, 0.15) is 37.0 Å². The molecule has 1 aromatic rings. The predicted octanol–water partition coefficient (Wildman–Crippen LogP) is 3.39. The van der Waals surface area contributed by atoms with E-state index in [0.29, 0.717) is 6.42 Å². The molecule has 1 rings (SSSR count). The van der Waals surface area contributed by atoms with Crippen LogP contribution in [0.2, 0.25) is 0 Å². The van der Waals surface area contributed by atoms with E-state index < -0.39 is 6.10 Å². The number of benzene rings is 1. The highest BCUT2D eigenvalue weighted by Gasteiger charge is 2.12. The Bertz CT molecular complexity index is 369. The molecule has 0 amide bonds. The van der Waals surface area contributed by atoms with Gasteiger partial charge in [0.1, 0.15) is 5.75 Å². The van der Waals surface area contributed by atoms with Crippen LogP contribution in [0.3, 0.4) is 0 Å². The molecule has 0 spiro atoms. The molecule has 0 aromatic heterocycles. The molecule has 0 saturated heterocycles. The van der Waals surface area contributed by atoms with Gasteiger partial charge in [-0.05, 0) is 38.3 Å². The Morgan fingerprint density at radius 2 is 2.19 bits per heavy atom. The molecule has 0 bridgehead atoms. The summed E-state index contributed by atoms with van der Waals surface area (Å²) in [4.78, 5) is 0. The third-order valence-electron chi connectivity index (χ3n) is 2.59. The van der Waals surface area contributed by atoms with E-state index in [2.05, 4.69) is 6.58 Å². The Kier molecular flexibility index (Phi) is 4.56. The van der Waals surface area contributed by atoms with Crippen LogP contribution in [0.25, 0.3) is 0 Å². The van der Waals surface area contributed by atoms with Crippen molar-refractivity contribution in [3.8, 4) is 5.75 Å². The fraction of sp³-hybridized carbons (Fsp3) is 0.429. The van der Waals surface area contributed by atoms with Crippen LogP contribution >= 0.6 is 0 Å². The molecular formula is C14H20O2. The molecule has 0 aliphatic rings. The first kappa shape index (κ1) is 12.8. The fourth-order valence-corrected chi connectivity index (χ4v) is 1.63. The number of hydrogen-bond acceptors (Lipinski definition) is 2. The summed E-state index contributed by atoms with van der Waals surface area (Å²) in [6.07, 6.45) is 1.04. The van der Waals surface area contributed by atoms with Crippen molar-refractivity contribution in [1.82, 2.24) is 0 Å². The average molecular weight is 220 g/mol. The maximum absolute atomic E-state index is 10.1. The third kappa shape index (κ3) is 3.38. The lowest BCUT2D eigenvalue weighted by Crippen LogP contribution is -2.01. The molecule has 1 unspecified atom stereocenters. The van der Waals surface area contributed by atoms with Crippen molar-refractivity contribution >= 4 is 0 Å². The van der Waals surface area contributed by atoms with Gasteiger partial charge in [0, 0.05) is 5.56 Å². The number of ether oxygens (including phenoxy) is 1. The minimum absolute atomic E-state index is 0.479. The van der Waals surface area contributed by atoms with Gasteiger partial charge >= 0.3 is 0 Å². The first-order valence-corrected chi connectivity index (χ1v) is 5.51. The molecular weight excluding hydrogens is 200 g/mol. The van der Waals surface area contributed by atoms with Gasteiger partial charge in [-0.1, -0.05) is 17.7 Å². The van der Waals surface area contributed by atoms with Crippen LogP contribution in [0.15, 0.2) is 30.4 Å². The van der Waals surface area contributed by atoms with E-state index in [-0.39, 0.29) is 0 Å². The molecule has 2 nitrogen and oxygen atoms in total. The summed E-state index contributed by atoms with van der Waals surface area (Å²) < 4.78 is 5.27. The molecule has 0 fully saturated rings. The number of aliphatic hydroxyl groups excluding tert-OH is 1. The maximum Gasteiger partial charge on any atom is 0.124 e. The molecule has 1 N–H and O–H groups in total. The Labute approximate surface area is 97.6 Å². The monoisotopic (exact) mass is 220 g/mol. The van der Waals surface area contributed by atoms with Gasteiger partial charge in [-0.25, -0.2) is 0 Å². The molecule has 2 heteroatoms. The van der Waals surface area contributed by atoms with Crippen molar-refractivity contribution in [2.75, 3.05) is 7.11 Å². The van der Waals surface area contributed by atoms with Gasteiger partial charge < -0.3 is 9.84 Å². The zero-order valence-electron chi connectivity index (χ0n) is 10.3. The van der Waals surface area contributed by atoms with Gasteiger partial charge in [0.05, 0.1) is 13.2 Å². The van der Waals surface area contributed by atoms with Gasteiger partial charge in [-0.3, -0.25) is 0 Å². The summed E-state index contributed by atoms with van der Waals surface area (Å²) in [5.41, 5.74) is 3.08. The molecule has 1 aromatic carbocycles. The van der Waals surface area contributed by atoms with Crippen molar-refractivity contribution in [3.63, 3.8) is 0 Å². The van der Waals surface area contributed by atoms with E-state index in [9.17, 15) is 5.11 Å². The minimum atomic E-state index is -0.479. The van der Waals surface area contributed by atoms with Gasteiger partial charge in [0.2, 0.25) is 0 Å². The zero-order chi connectivity index (χ0) is 12.1. The number of hydrogen-bond donors (Lipinski definition) is 1. The van der Waals surface area contributed by atoms with Gasteiger partial charge in [-0.2, -0.15) is 0 Å². The highest BCUT2D eigenvalue weighted by atomic mass is 16.5. The maximum atomic E-state index is 10.1. The van der Waals surface area contributed by atoms with E-state index in [0.717, 1.165) is 28.9 Å². The summed E-state index contributed by atoms with van der Waals surface area (Å²) >= 11 is 0. The Balaban J connectivity index is 2.81. The molecule has 0 radical (unpaired) electrons. The van der Waals surface area contributed by atoms with E-state index in [4.69, 9.17) is 4.74 Å². The normalized spacial score (nSPS) is 12.2. The van der Waals surface area contributed by atoms with Crippen LogP contribution in [-0.2, 0) is 0 Å². The third-order valence-corrected chi connectivity index (χ3v) is 2.59. The minimum Gasteiger partial charge on any atom is -0.496 e. The standard InChI is InChI=1S/C14H20O2/c1-10(2)5-8-13(15)12-7-6-11(3)9-14(12)16-4/h6-7,9,13,15H,1,5,8H2,2-4H3. The second-order valence-corrected chi connectivity index (χ2v) is 4.26.